The molecule has 2 nitrogen and oxygen atoms in total. The zero-order valence-corrected chi connectivity index (χ0v) is 9.49. The molecular weight excluding hydrogens is 186 g/mol. The summed E-state index contributed by atoms with van der Waals surface area (Å²) in [4.78, 5) is 0. The Balaban J connectivity index is 2.67. The molecule has 0 fully saturated rings. The van der Waals surface area contributed by atoms with E-state index in [0.29, 0.717) is 0 Å². The van der Waals surface area contributed by atoms with Gasteiger partial charge in [0, 0.05) is 17.3 Å². The molecule has 0 bridgehead atoms. The predicted octanol–water partition coefficient (Wildman–Crippen LogP) is 2.89. The number of benzene rings is 1. The Morgan fingerprint density at radius 2 is 1.93 bits per heavy atom. The highest BCUT2D eigenvalue weighted by Crippen LogP contribution is 2.24. The lowest BCUT2D eigenvalue weighted by Crippen LogP contribution is -2.20. The van der Waals surface area contributed by atoms with Gasteiger partial charge in [0.1, 0.15) is 0 Å². The molecule has 2 heteroatoms. The minimum absolute atomic E-state index is 0.0792. The molecular formula is C13H17NO. The SMILES string of the molecule is CC(C)(C)n1ccc2ccc(CO)cc21. The lowest BCUT2D eigenvalue weighted by atomic mass is 10.1. The second kappa shape index (κ2) is 3.38. The summed E-state index contributed by atoms with van der Waals surface area (Å²) >= 11 is 0. The maximum atomic E-state index is 9.12. The van der Waals surface area contributed by atoms with Crippen molar-refractivity contribution < 1.29 is 5.11 Å². The minimum atomic E-state index is 0.0792. The lowest BCUT2D eigenvalue weighted by molar-refractivity contribution is 0.282. The third-order valence-electron chi connectivity index (χ3n) is 2.66. The van der Waals surface area contributed by atoms with Crippen LogP contribution in [0.15, 0.2) is 30.5 Å². The number of hydrogen-bond donors (Lipinski definition) is 1. The van der Waals surface area contributed by atoms with E-state index in [1.807, 2.05) is 6.07 Å². The molecule has 0 aliphatic carbocycles. The molecule has 0 spiro atoms. The van der Waals surface area contributed by atoms with E-state index in [2.05, 4.69) is 49.7 Å². The number of aliphatic hydroxyl groups excluding tert-OH is 1. The summed E-state index contributed by atoms with van der Waals surface area (Å²) in [6, 6.07) is 8.20. The van der Waals surface area contributed by atoms with E-state index in [1.165, 1.54) is 10.9 Å². The van der Waals surface area contributed by atoms with Crippen LogP contribution in [0.1, 0.15) is 26.3 Å². The Kier molecular flexibility index (Phi) is 2.31. The van der Waals surface area contributed by atoms with Gasteiger partial charge in [0.05, 0.1) is 6.61 Å². The average molecular weight is 203 g/mol. The third-order valence-corrected chi connectivity index (χ3v) is 2.66. The van der Waals surface area contributed by atoms with Gasteiger partial charge in [-0.1, -0.05) is 12.1 Å². The number of nitrogens with zero attached hydrogens (tertiary/aromatic N) is 1. The fourth-order valence-corrected chi connectivity index (χ4v) is 1.86. The zero-order chi connectivity index (χ0) is 11.1. The fraction of sp³-hybridized carbons (Fsp3) is 0.385. The fourth-order valence-electron chi connectivity index (χ4n) is 1.86. The summed E-state index contributed by atoms with van der Waals surface area (Å²) in [5.74, 6) is 0. The summed E-state index contributed by atoms with van der Waals surface area (Å²) in [6.45, 7) is 6.64. The first-order valence-corrected chi connectivity index (χ1v) is 5.24. The maximum absolute atomic E-state index is 9.12. The average Bonchev–Trinajstić information content (AvgIpc) is 2.59. The Morgan fingerprint density at radius 1 is 1.20 bits per heavy atom. The van der Waals surface area contributed by atoms with Gasteiger partial charge in [-0.25, -0.2) is 0 Å². The Labute approximate surface area is 90.2 Å². The Hall–Kier alpha value is -1.28. The third kappa shape index (κ3) is 1.77. The van der Waals surface area contributed by atoms with Crippen molar-refractivity contribution in [3.05, 3.63) is 36.0 Å². The van der Waals surface area contributed by atoms with Crippen LogP contribution in [0.5, 0.6) is 0 Å². The molecule has 80 valence electrons. The Morgan fingerprint density at radius 3 is 2.53 bits per heavy atom. The number of aliphatic hydroxyl groups is 1. The highest BCUT2D eigenvalue weighted by Gasteiger charge is 2.14. The molecule has 2 aromatic rings. The van der Waals surface area contributed by atoms with Gasteiger partial charge in [0.25, 0.3) is 0 Å². The Bertz CT molecular complexity index is 477. The summed E-state index contributed by atoms with van der Waals surface area (Å²) in [5, 5.41) is 10.3. The first kappa shape index (κ1) is 10.2. The van der Waals surface area contributed by atoms with E-state index < -0.39 is 0 Å². The molecule has 0 saturated heterocycles. The maximum Gasteiger partial charge on any atom is 0.0682 e. The normalized spacial score (nSPS) is 12.3. The standard InChI is InChI=1S/C13H17NO/c1-13(2,3)14-7-6-11-5-4-10(9-15)8-12(11)14/h4-8,15H,9H2,1-3H3. The van der Waals surface area contributed by atoms with Gasteiger partial charge in [0.2, 0.25) is 0 Å². The van der Waals surface area contributed by atoms with Crippen molar-refractivity contribution in [3.63, 3.8) is 0 Å². The van der Waals surface area contributed by atoms with E-state index in [0.717, 1.165) is 5.56 Å². The van der Waals surface area contributed by atoms with Crippen LogP contribution in [0.2, 0.25) is 0 Å². The van der Waals surface area contributed by atoms with Gasteiger partial charge < -0.3 is 9.67 Å². The van der Waals surface area contributed by atoms with Crippen LogP contribution < -0.4 is 0 Å². The molecule has 0 aliphatic rings. The van der Waals surface area contributed by atoms with E-state index in [1.54, 1.807) is 0 Å². The van der Waals surface area contributed by atoms with Crippen molar-refractivity contribution in [2.75, 3.05) is 0 Å². The second-order valence-corrected chi connectivity index (χ2v) is 4.91. The number of hydrogen-bond acceptors (Lipinski definition) is 1. The molecule has 0 amide bonds. The highest BCUT2D eigenvalue weighted by molar-refractivity contribution is 5.81. The first-order valence-electron chi connectivity index (χ1n) is 5.24. The molecule has 1 heterocycles. The molecule has 1 N–H and O–H groups in total. The van der Waals surface area contributed by atoms with E-state index in [4.69, 9.17) is 5.11 Å². The van der Waals surface area contributed by atoms with Crippen molar-refractivity contribution in [1.29, 1.82) is 0 Å². The zero-order valence-electron chi connectivity index (χ0n) is 9.49. The molecule has 1 aromatic carbocycles. The van der Waals surface area contributed by atoms with E-state index in [9.17, 15) is 0 Å². The van der Waals surface area contributed by atoms with Gasteiger partial charge in [0.15, 0.2) is 0 Å². The smallest absolute Gasteiger partial charge is 0.0682 e. The summed E-state index contributed by atoms with van der Waals surface area (Å²) in [5.41, 5.74) is 2.23. The van der Waals surface area contributed by atoms with Crippen LogP contribution in [-0.2, 0) is 12.1 Å². The molecule has 0 radical (unpaired) electrons. The van der Waals surface area contributed by atoms with Crippen LogP contribution in [0.4, 0.5) is 0 Å². The minimum Gasteiger partial charge on any atom is -0.392 e. The number of rotatable bonds is 1. The van der Waals surface area contributed by atoms with Crippen LogP contribution in [-0.4, -0.2) is 9.67 Å². The largest absolute Gasteiger partial charge is 0.392 e. The molecule has 0 aliphatic heterocycles. The topological polar surface area (TPSA) is 25.2 Å². The molecule has 2 rings (SSSR count). The van der Waals surface area contributed by atoms with Crippen molar-refractivity contribution in [3.8, 4) is 0 Å². The summed E-state index contributed by atoms with van der Waals surface area (Å²) in [7, 11) is 0. The van der Waals surface area contributed by atoms with Gasteiger partial charge in [-0.3, -0.25) is 0 Å². The van der Waals surface area contributed by atoms with Crippen LogP contribution >= 0.6 is 0 Å². The molecule has 15 heavy (non-hydrogen) atoms. The van der Waals surface area contributed by atoms with Crippen molar-refractivity contribution in [2.45, 2.75) is 32.9 Å². The van der Waals surface area contributed by atoms with Gasteiger partial charge in [-0.15, -0.1) is 0 Å². The van der Waals surface area contributed by atoms with Gasteiger partial charge in [-0.2, -0.15) is 0 Å². The van der Waals surface area contributed by atoms with Crippen molar-refractivity contribution in [2.24, 2.45) is 0 Å². The molecule has 0 saturated carbocycles. The summed E-state index contributed by atoms with van der Waals surface area (Å²) < 4.78 is 2.24. The van der Waals surface area contributed by atoms with Crippen molar-refractivity contribution in [1.82, 2.24) is 4.57 Å². The molecule has 1 aromatic heterocycles. The molecule has 0 atom stereocenters. The highest BCUT2D eigenvalue weighted by atomic mass is 16.3. The van der Waals surface area contributed by atoms with Gasteiger partial charge >= 0.3 is 0 Å². The molecule has 0 unspecified atom stereocenters. The van der Waals surface area contributed by atoms with Gasteiger partial charge in [-0.05, 0) is 43.9 Å². The van der Waals surface area contributed by atoms with Crippen LogP contribution in [0, 0.1) is 0 Å². The van der Waals surface area contributed by atoms with Crippen molar-refractivity contribution >= 4 is 10.9 Å². The number of fused-ring (bicyclic) bond motifs is 1. The monoisotopic (exact) mass is 203 g/mol. The van der Waals surface area contributed by atoms with Crippen LogP contribution in [0.3, 0.4) is 0 Å². The van der Waals surface area contributed by atoms with E-state index in [-0.39, 0.29) is 12.1 Å². The van der Waals surface area contributed by atoms with E-state index >= 15 is 0 Å². The summed E-state index contributed by atoms with van der Waals surface area (Å²) in [6.07, 6.45) is 2.10. The first-order chi connectivity index (χ1) is 7.02. The quantitative estimate of drug-likeness (QED) is 0.757. The lowest BCUT2D eigenvalue weighted by Gasteiger charge is -2.22. The van der Waals surface area contributed by atoms with Crippen LogP contribution in [0.25, 0.3) is 10.9 Å². The second-order valence-electron chi connectivity index (χ2n) is 4.91. The number of aromatic nitrogens is 1. The predicted molar refractivity (Wildman–Crippen MR) is 62.9 cm³/mol.